The number of rotatable bonds is 6. The van der Waals surface area contributed by atoms with Gasteiger partial charge in [-0.2, -0.15) is 0 Å². The first kappa shape index (κ1) is 14.2. The Bertz CT molecular complexity index is 373. The SMILES string of the molecule is CC(C)COc1ccccc1NCC1CCCCN1. The van der Waals surface area contributed by atoms with Crippen LogP contribution in [0, 0.1) is 5.92 Å². The summed E-state index contributed by atoms with van der Waals surface area (Å²) in [5.41, 5.74) is 1.11. The minimum Gasteiger partial charge on any atom is -0.491 e. The van der Waals surface area contributed by atoms with Gasteiger partial charge in [-0.3, -0.25) is 0 Å². The molecule has 1 aromatic carbocycles. The summed E-state index contributed by atoms with van der Waals surface area (Å²) in [5, 5.41) is 7.07. The zero-order valence-electron chi connectivity index (χ0n) is 12.1. The topological polar surface area (TPSA) is 33.3 Å². The third-order valence-electron chi connectivity index (χ3n) is 3.41. The average Bonchev–Trinajstić information content (AvgIpc) is 2.45. The number of hydrogen-bond donors (Lipinski definition) is 2. The highest BCUT2D eigenvalue weighted by molar-refractivity contribution is 5.56. The van der Waals surface area contributed by atoms with Crippen LogP contribution in [0.5, 0.6) is 5.75 Å². The van der Waals surface area contributed by atoms with Gasteiger partial charge in [-0.25, -0.2) is 0 Å². The molecule has 1 atom stereocenters. The Morgan fingerprint density at radius 3 is 2.89 bits per heavy atom. The predicted molar refractivity (Wildman–Crippen MR) is 80.9 cm³/mol. The summed E-state index contributed by atoms with van der Waals surface area (Å²) in [7, 11) is 0. The molecule has 2 N–H and O–H groups in total. The molecular formula is C16H26N2O. The molecule has 1 aromatic rings. The Morgan fingerprint density at radius 1 is 1.32 bits per heavy atom. The van der Waals surface area contributed by atoms with Crippen LogP contribution in [0.1, 0.15) is 33.1 Å². The molecule has 0 aliphatic carbocycles. The molecular weight excluding hydrogens is 236 g/mol. The summed E-state index contributed by atoms with van der Waals surface area (Å²) in [5.74, 6) is 1.51. The van der Waals surface area contributed by atoms with Crippen molar-refractivity contribution in [3.8, 4) is 5.75 Å². The van der Waals surface area contributed by atoms with Crippen molar-refractivity contribution < 1.29 is 4.74 Å². The summed E-state index contributed by atoms with van der Waals surface area (Å²) in [6.07, 6.45) is 3.91. The van der Waals surface area contributed by atoms with E-state index in [9.17, 15) is 0 Å². The number of hydrogen-bond acceptors (Lipinski definition) is 3. The molecule has 0 bridgehead atoms. The standard InChI is InChI=1S/C16H26N2O/c1-13(2)12-19-16-9-4-3-8-15(16)18-11-14-7-5-6-10-17-14/h3-4,8-9,13-14,17-18H,5-7,10-12H2,1-2H3. The van der Waals surface area contributed by atoms with Crippen LogP contribution in [0.3, 0.4) is 0 Å². The second kappa shape index (κ2) is 7.39. The molecule has 0 radical (unpaired) electrons. The second-order valence-electron chi connectivity index (χ2n) is 5.73. The molecule has 3 nitrogen and oxygen atoms in total. The molecule has 3 heteroatoms. The quantitative estimate of drug-likeness (QED) is 0.825. The molecule has 1 aliphatic heterocycles. The van der Waals surface area contributed by atoms with E-state index >= 15 is 0 Å². The normalized spacial score (nSPS) is 19.4. The van der Waals surface area contributed by atoms with Crippen molar-refractivity contribution >= 4 is 5.69 Å². The fourth-order valence-corrected chi connectivity index (χ4v) is 2.33. The van der Waals surface area contributed by atoms with Crippen molar-refractivity contribution in [2.75, 3.05) is 25.0 Å². The molecule has 1 heterocycles. The minimum absolute atomic E-state index is 0.549. The number of ether oxygens (including phenoxy) is 1. The van der Waals surface area contributed by atoms with E-state index in [4.69, 9.17) is 4.74 Å². The predicted octanol–water partition coefficient (Wildman–Crippen LogP) is 3.28. The molecule has 0 aromatic heterocycles. The lowest BCUT2D eigenvalue weighted by Crippen LogP contribution is -2.39. The first-order chi connectivity index (χ1) is 9.25. The molecule has 0 amide bonds. The fraction of sp³-hybridized carbons (Fsp3) is 0.625. The molecule has 1 unspecified atom stereocenters. The maximum atomic E-state index is 5.86. The van der Waals surface area contributed by atoms with Gasteiger partial charge in [0, 0.05) is 12.6 Å². The van der Waals surface area contributed by atoms with E-state index < -0.39 is 0 Å². The van der Waals surface area contributed by atoms with Gasteiger partial charge in [0.05, 0.1) is 12.3 Å². The Kier molecular flexibility index (Phi) is 5.52. The lowest BCUT2D eigenvalue weighted by atomic mass is 10.1. The zero-order valence-corrected chi connectivity index (χ0v) is 12.1. The number of benzene rings is 1. The van der Waals surface area contributed by atoms with Gasteiger partial charge < -0.3 is 15.4 Å². The lowest BCUT2D eigenvalue weighted by molar-refractivity contribution is 0.272. The maximum absolute atomic E-state index is 5.86. The number of nitrogens with one attached hydrogen (secondary N) is 2. The van der Waals surface area contributed by atoms with Crippen molar-refractivity contribution in [3.05, 3.63) is 24.3 Å². The number of para-hydroxylation sites is 2. The summed E-state index contributed by atoms with van der Waals surface area (Å²) in [6, 6.07) is 8.81. The molecule has 19 heavy (non-hydrogen) atoms. The largest absolute Gasteiger partial charge is 0.491 e. The lowest BCUT2D eigenvalue weighted by Gasteiger charge is -2.24. The highest BCUT2D eigenvalue weighted by Crippen LogP contribution is 2.24. The van der Waals surface area contributed by atoms with Crippen LogP contribution in [0.15, 0.2) is 24.3 Å². The summed E-state index contributed by atoms with van der Waals surface area (Å²) < 4.78 is 5.86. The fourth-order valence-electron chi connectivity index (χ4n) is 2.33. The van der Waals surface area contributed by atoms with Gasteiger partial charge in [-0.1, -0.05) is 32.4 Å². The van der Waals surface area contributed by atoms with Crippen molar-refractivity contribution in [3.63, 3.8) is 0 Å². The molecule has 0 spiro atoms. The van der Waals surface area contributed by atoms with Crippen molar-refractivity contribution in [1.29, 1.82) is 0 Å². The van der Waals surface area contributed by atoms with Gasteiger partial charge in [0.25, 0.3) is 0 Å². The van der Waals surface area contributed by atoms with E-state index in [-0.39, 0.29) is 0 Å². The average molecular weight is 262 g/mol. The van der Waals surface area contributed by atoms with Crippen LogP contribution in [0.4, 0.5) is 5.69 Å². The maximum Gasteiger partial charge on any atom is 0.142 e. The smallest absolute Gasteiger partial charge is 0.142 e. The minimum atomic E-state index is 0.549. The van der Waals surface area contributed by atoms with Crippen LogP contribution >= 0.6 is 0 Å². The molecule has 1 aliphatic rings. The van der Waals surface area contributed by atoms with E-state index in [0.29, 0.717) is 12.0 Å². The third-order valence-corrected chi connectivity index (χ3v) is 3.41. The summed E-state index contributed by atoms with van der Waals surface area (Å²) >= 11 is 0. The molecule has 1 fully saturated rings. The van der Waals surface area contributed by atoms with Crippen LogP contribution in [-0.2, 0) is 0 Å². The highest BCUT2D eigenvalue weighted by Gasteiger charge is 2.12. The van der Waals surface area contributed by atoms with Gasteiger partial charge in [0.2, 0.25) is 0 Å². The summed E-state index contributed by atoms with van der Waals surface area (Å²) in [4.78, 5) is 0. The van der Waals surface area contributed by atoms with E-state index in [1.165, 1.54) is 19.3 Å². The summed E-state index contributed by atoms with van der Waals surface area (Å²) in [6.45, 7) is 7.23. The Balaban J connectivity index is 1.87. The Labute approximate surface area is 116 Å². The van der Waals surface area contributed by atoms with E-state index in [0.717, 1.165) is 31.1 Å². The van der Waals surface area contributed by atoms with E-state index in [2.05, 4.69) is 36.6 Å². The van der Waals surface area contributed by atoms with Crippen LogP contribution in [0.2, 0.25) is 0 Å². The monoisotopic (exact) mass is 262 g/mol. The van der Waals surface area contributed by atoms with Crippen molar-refractivity contribution in [1.82, 2.24) is 5.32 Å². The van der Waals surface area contributed by atoms with Gasteiger partial charge >= 0.3 is 0 Å². The van der Waals surface area contributed by atoms with Crippen molar-refractivity contribution in [2.45, 2.75) is 39.2 Å². The molecule has 1 saturated heterocycles. The third kappa shape index (κ3) is 4.75. The van der Waals surface area contributed by atoms with E-state index in [1.54, 1.807) is 0 Å². The Hall–Kier alpha value is -1.22. The highest BCUT2D eigenvalue weighted by atomic mass is 16.5. The van der Waals surface area contributed by atoms with Gasteiger partial charge in [0.15, 0.2) is 0 Å². The number of piperidine rings is 1. The second-order valence-corrected chi connectivity index (χ2v) is 5.73. The number of anilines is 1. The molecule has 106 valence electrons. The van der Waals surface area contributed by atoms with E-state index in [1.807, 2.05) is 12.1 Å². The first-order valence-corrected chi connectivity index (χ1v) is 7.45. The zero-order chi connectivity index (χ0) is 13.5. The van der Waals surface area contributed by atoms with Gasteiger partial charge in [-0.15, -0.1) is 0 Å². The molecule has 0 saturated carbocycles. The van der Waals surface area contributed by atoms with Crippen LogP contribution < -0.4 is 15.4 Å². The molecule has 2 rings (SSSR count). The van der Waals surface area contributed by atoms with Crippen LogP contribution in [0.25, 0.3) is 0 Å². The first-order valence-electron chi connectivity index (χ1n) is 7.45. The van der Waals surface area contributed by atoms with Crippen LogP contribution in [-0.4, -0.2) is 25.7 Å². The van der Waals surface area contributed by atoms with Crippen molar-refractivity contribution in [2.24, 2.45) is 5.92 Å². The Morgan fingerprint density at radius 2 is 2.16 bits per heavy atom. The van der Waals surface area contributed by atoms with Gasteiger partial charge in [0.1, 0.15) is 5.75 Å². The van der Waals surface area contributed by atoms with Gasteiger partial charge in [-0.05, 0) is 37.4 Å².